The number of thioether (sulfide) groups is 1. The molecule has 4 heterocycles. The number of piperidine rings is 1. The molecule has 32 heavy (non-hydrogen) atoms. The molecule has 1 aliphatic heterocycles. The van der Waals surface area contributed by atoms with Gasteiger partial charge in [0, 0.05) is 34.8 Å². The van der Waals surface area contributed by atoms with Gasteiger partial charge in [-0.3, -0.25) is 14.8 Å². The number of fused-ring (bicyclic) bond motifs is 1. The van der Waals surface area contributed by atoms with E-state index < -0.39 is 0 Å². The minimum Gasteiger partial charge on any atom is -0.307 e. The fraction of sp³-hybridized carbons (Fsp3) is 0.250. The summed E-state index contributed by atoms with van der Waals surface area (Å²) in [6, 6.07) is 11.8. The zero-order valence-corrected chi connectivity index (χ0v) is 19.3. The number of thiazole rings is 1. The zero-order valence-electron chi connectivity index (χ0n) is 17.7. The molecule has 1 saturated heterocycles. The third kappa shape index (κ3) is 4.67. The van der Waals surface area contributed by atoms with E-state index in [1.165, 1.54) is 0 Å². The normalized spacial score (nSPS) is 15.2. The standard InChI is InChI=1S/C24H23N5OS2/c1-29-10-6-19(7-11-29)32-24-20-3-2-17(21-14-26-15-31-21)12-18(20)13-22(28-24)27-23(30)16-4-8-25-9-5-16/h2-5,8-9,12-15,19H,6-7,10-11H2,1H3,(H,27,28,30). The van der Waals surface area contributed by atoms with Gasteiger partial charge < -0.3 is 10.2 Å². The van der Waals surface area contributed by atoms with Crippen LogP contribution in [0.25, 0.3) is 21.2 Å². The lowest BCUT2D eigenvalue weighted by atomic mass is 10.1. The molecule has 0 bridgehead atoms. The zero-order chi connectivity index (χ0) is 21.9. The van der Waals surface area contributed by atoms with Crippen LogP contribution in [0.2, 0.25) is 0 Å². The summed E-state index contributed by atoms with van der Waals surface area (Å²) in [5, 5.41) is 6.65. The van der Waals surface area contributed by atoms with E-state index in [2.05, 4.69) is 45.4 Å². The van der Waals surface area contributed by atoms with Crippen molar-refractivity contribution in [1.29, 1.82) is 0 Å². The molecule has 5 rings (SSSR count). The molecular formula is C24H23N5OS2. The van der Waals surface area contributed by atoms with E-state index in [-0.39, 0.29) is 5.91 Å². The summed E-state index contributed by atoms with van der Waals surface area (Å²) in [4.78, 5) is 29.3. The lowest BCUT2D eigenvalue weighted by Crippen LogP contribution is -2.31. The maximum atomic E-state index is 12.7. The second kappa shape index (κ2) is 9.36. The van der Waals surface area contributed by atoms with Crippen LogP contribution in [0.4, 0.5) is 5.82 Å². The Morgan fingerprint density at radius 3 is 2.69 bits per heavy atom. The van der Waals surface area contributed by atoms with Crippen LogP contribution in [0.15, 0.2) is 65.5 Å². The summed E-state index contributed by atoms with van der Waals surface area (Å²) in [6.07, 6.45) is 7.39. The molecule has 3 aromatic heterocycles. The molecule has 8 heteroatoms. The lowest BCUT2D eigenvalue weighted by Gasteiger charge is -2.28. The van der Waals surface area contributed by atoms with Gasteiger partial charge in [-0.25, -0.2) is 4.98 Å². The molecule has 1 aliphatic rings. The first-order valence-corrected chi connectivity index (χ1v) is 12.3. The molecule has 162 valence electrons. The summed E-state index contributed by atoms with van der Waals surface area (Å²) in [5.41, 5.74) is 3.52. The Labute approximate surface area is 195 Å². The van der Waals surface area contributed by atoms with Gasteiger partial charge in [-0.05, 0) is 68.2 Å². The van der Waals surface area contributed by atoms with Gasteiger partial charge in [0.1, 0.15) is 10.8 Å². The van der Waals surface area contributed by atoms with Crippen molar-refractivity contribution < 1.29 is 4.79 Å². The van der Waals surface area contributed by atoms with Crippen LogP contribution in [0, 0.1) is 0 Å². The van der Waals surface area contributed by atoms with Crippen molar-refractivity contribution in [3.05, 3.63) is 66.1 Å². The highest BCUT2D eigenvalue weighted by Crippen LogP contribution is 2.37. The number of pyridine rings is 2. The quantitative estimate of drug-likeness (QED) is 0.441. The SMILES string of the molecule is CN1CCC(Sc2nc(NC(=O)c3ccncc3)cc3cc(-c4cncs4)ccc23)CC1. The average molecular weight is 462 g/mol. The number of benzene rings is 1. The third-order valence-electron chi connectivity index (χ3n) is 5.64. The van der Waals surface area contributed by atoms with Gasteiger partial charge in [-0.15, -0.1) is 23.1 Å². The highest BCUT2D eigenvalue weighted by Gasteiger charge is 2.20. The second-order valence-electron chi connectivity index (χ2n) is 7.92. The largest absolute Gasteiger partial charge is 0.307 e. The predicted molar refractivity (Wildman–Crippen MR) is 131 cm³/mol. The third-order valence-corrected chi connectivity index (χ3v) is 7.80. The van der Waals surface area contributed by atoms with Gasteiger partial charge in [-0.2, -0.15) is 0 Å². The minimum absolute atomic E-state index is 0.187. The number of carbonyl (C=O) groups excluding carboxylic acids is 1. The van der Waals surface area contributed by atoms with Crippen LogP contribution >= 0.6 is 23.1 Å². The van der Waals surface area contributed by atoms with Gasteiger partial charge in [0.25, 0.3) is 5.91 Å². The van der Waals surface area contributed by atoms with Crippen LogP contribution in [0.5, 0.6) is 0 Å². The van der Waals surface area contributed by atoms with Crippen molar-refractivity contribution in [3.8, 4) is 10.4 Å². The molecular weight excluding hydrogens is 438 g/mol. The summed E-state index contributed by atoms with van der Waals surface area (Å²) < 4.78 is 0. The fourth-order valence-electron chi connectivity index (χ4n) is 3.84. The number of aromatic nitrogens is 3. The number of anilines is 1. The number of hydrogen-bond acceptors (Lipinski definition) is 7. The Bertz CT molecular complexity index is 1220. The van der Waals surface area contributed by atoms with E-state index in [4.69, 9.17) is 4.98 Å². The Hall–Kier alpha value is -2.81. The first-order valence-electron chi connectivity index (χ1n) is 10.6. The number of nitrogens with zero attached hydrogens (tertiary/aromatic N) is 4. The van der Waals surface area contributed by atoms with Crippen molar-refractivity contribution in [1.82, 2.24) is 19.9 Å². The molecule has 0 atom stereocenters. The molecule has 6 nitrogen and oxygen atoms in total. The maximum absolute atomic E-state index is 12.7. The molecule has 0 radical (unpaired) electrons. The van der Waals surface area contributed by atoms with Gasteiger partial charge in [-0.1, -0.05) is 12.1 Å². The van der Waals surface area contributed by atoms with Gasteiger partial charge in [0.05, 0.1) is 10.4 Å². The van der Waals surface area contributed by atoms with E-state index >= 15 is 0 Å². The van der Waals surface area contributed by atoms with E-state index in [1.54, 1.807) is 35.9 Å². The van der Waals surface area contributed by atoms with Crippen molar-refractivity contribution in [2.45, 2.75) is 23.1 Å². The van der Waals surface area contributed by atoms with Crippen molar-refractivity contribution in [2.75, 3.05) is 25.5 Å². The van der Waals surface area contributed by atoms with Gasteiger partial charge in [0.2, 0.25) is 0 Å². The van der Waals surface area contributed by atoms with E-state index in [0.717, 1.165) is 52.2 Å². The van der Waals surface area contributed by atoms with Crippen LogP contribution in [-0.2, 0) is 0 Å². The first kappa shape index (κ1) is 21.1. The summed E-state index contributed by atoms with van der Waals surface area (Å²) >= 11 is 3.44. The molecule has 1 amide bonds. The predicted octanol–water partition coefficient (Wildman–Crippen LogP) is 5.19. The molecule has 0 unspecified atom stereocenters. The molecule has 0 aliphatic carbocycles. The average Bonchev–Trinajstić information content (AvgIpc) is 3.36. The van der Waals surface area contributed by atoms with E-state index in [9.17, 15) is 4.79 Å². The van der Waals surface area contributed by atoms with E-state index in [1.807, 2.05) is 29.5 Å². The fourth-order valence-corrected chi connectivity index (χ4v) is 5.69. The van der Waals surface area contributed by atoms with Gasteiger partial charge in [0.15, 0.2) is 0 Å². The summed E-state index contributed by atoms with van der Waals surface area (Å²) in [7, 11) is 2.17. The van der Waals surface area contributed by atoms with Crippen molar-refractivity contribution >= 4 is 45.6 Å². The highest BCUT2D eigenvalue weighted by atomic mass is 32.2. The van der Waals surface area contributed by atoms with Crippen LogP contribution in [-0.4, -0.2) is 51.1 Å². The van der Waals surface area contributed by atoms with Gasteiger partial charge >= 0.3 is 0 Å². The number of rotatable bonds is 5. The molecule has 0 saturated carbocycles. The number of amides is 1. The van der Waals surface area contributed by atoms with Crippen LogP contribution in [0.1, 0.15) is 23.2 Å². The number of nitrogens with one attached hydrogen (secondary N) is 1. The van der Waals surface area contributed by atoms with Crippen molar-refractivity contribution in [3.63, 3.8) is 0 Å². The summed E-state index contributed by atoms with van der Waals surface area (Å²) in [6.45, 7) is 2.20. The molecule has 1 fully saturated rings. The maximum Gasteiger partial charge on any atom is 0.256 e. The summed E-state index contributed by atoms with van der Waals surface area (Å²) in [5.74, 6) is 0.379. The number of hydrogen-bond donors (Lipinski definition) is 1. The minimum atomic E-state index is -0.187. The van der Waals surface area contributed by atoms with Crippen LogP contribution in [0.3, 0.4) is 0 Å². The lowest BCUT2D eigenvalue weighted by molar-refractivity contribution is 0.102. The molecule has 4 aromatic rings. The number of likely N-dealkylation sites (tertiary alicyclic amines) is 1. The Kier molecular flexibility index (Phi) is 6.16. The first-order chi connectivity index (χ1) is 15.7. The Morgan fingerprint density at radius 1 is 1.12 bits per heavy atom. The molecule has 1 N–H and O–H groups in total. The highest BCUT2D eigenvalue weighted by molar-refractivity contribution is 8.00. The second-order valence-corrected chi connectivity index (χ2v) is 10.1. The van der Waals surface area contributed by atoms with Crippen LogP contribution < -0.4 is 5.32 Å². The van der Waals surface area contributed by atoms with E-state index in [0.29, 0.717) is 16.6 Å². The van der Waals surface area contributed by atoms with Crippen molar-refractivity contribution in [2.24, 2.45) is 0 Å². The monoisotopic (exact) mass is 461 g/mol. The number of carbonyl (C=O) groups is 1. The molecule has 0 spiro atoms. The Morgan fingerprint density at radius 2 is 1.94 bits per heavy atom. The smallest absolute Gasteiger partial charge is 0.256 e. The topological polar surface area (TPSA) is 71.0 Å². The Balaban J connectivity index is 1.51. The molecule has 1 aromatic carbocycles.